The van der Waals surface area contributed by atoms with Crippen LogP contribution < -0.4 is 14.8 Å². The number of sulfonamides is 1. The molecular weight excluding hydrogens is 414 g/mol. The molecule has 0 saturated carbocycles. The lowest BCUT2D eigenvalue weighted by atomic mass is 10.2. The van der Waals surface area contributed by atoms with Crippen LogP contribution in [0.5, 0.6) is 5.75 Å². The van der Waals surface area contributed by atoms with E-state index >= 15 is 0 Å². The first-order valence-electron chi connectivity index (χ1n) is 8.78. The Hall–Kier alpha value is -3.30. The fraction of sp³-hybridized carbons (Fsp3) is 0.0952. The summed E-state index contributed by atoms with van der Waals surface area (Å²) in [4.78, 5) is 11.8. The Bertz CT molecular complexity index is 1170. The number of nitrogens with one attached hydrogen (secondary N) is 2. The smallest absolute Gasteiger partial charge is 0.258 e. The van der Waals surface area contributed by atoms with Gasteiger partial charge in [0.2, 0.25) is 10.0 Å². The van der Waals surface area contributed by atoms with Crippen LogP contribution >= 0.6 is 0 Å². The number of halogens is 2. The lowest BCUT2D eigenvalue weighted by Gasteiger charge is -2.10. The normalized spacial score (nSPS) is 11.2. The van der Waals surface area contributed by atoms with Crippen molar-refractivity contribution in [2.24, 2.45) is 0 Å². The van der Waals surface area contributed by atoms with Crippen molar-refractivity contribution in [2.75, 3.05) is 12.4 Å². The summed E-state index contributed by atoms with van der Waals surface area (Å²) >= 11 is 0. The third-order valence-corrected chi connectivity index (χ3v) is 5.64. The molecule has 0 unspecified atom stereocenters. The molecule has 0 aliphatic carbocycles. The molecule has 156 valence electrons. The number of anilines is 1. The van der Waals surface area contributed by atoms with Gasteiger partial charge in [-0.15, -0.1) is 0 Å². The van der Waals surface area contributed by atoms with Crippen molar-refractivity contribution >= 4 is 21.6 Å². The molecule has 0 aliphatic heterocycles. The summed E-state index contributed by atoms with van der Waals surface area (Å²) in [6, 6.07) is 15.1. The first-order chi connectivity index (χ1) is 14.3. The van der Waals surface area contributed by atoms with Crippen molar-refractivity contribution in [1.29, 1.82) is 0 Å². The van der Waals surface area contributed by atoms with Gasteiger partial charge in [-0.3, -0.25) is 4.79 Å². The van der Waals surface area contributed by atoms with Gasteiger partial charge in [0.05, 0.1) is 23.3 Å². The molecule has 0 fully saturated rings. The number of carbonyl (C=O) groups excluding carboxylic acids is 1. The summed E-state index contributed by atoms with van der Waals surface area (Å²) in [6.07, 6.45) is 0. The summed E-state index contributed by atoms with van der Waals surface area (Å²) in [6.45, 7) is -0.000280. The van der Waals surface area contributed by atoms with E-state index in [2.05, 4.69) is 10.0 Å². The molecule has 3 aromatic rings. The van der Waals surface area contributed by atoms with Gasteiger partial charge in [-0.25, -0.2) is 21.9 Å². The van der Waals surface area contributed by atoms with Crippen molar-refractivity contribution in [3.05, 3.63) is 89.5 Å². The second kappa shape index (κ2) is 9.02. The van der Waals surface area contributed by atoms with Gasteiger partial charge >= 0.3 is 0 Å². The number of benzene rings is 3. The maximum Gasteiger partial charge on any atom is 0.258 e. The van der Waals surface area contributed by atoms with E-state index in [1.54, 1.807) is 24.3 Å². The third-order valence-electron chi connectivity index (χ3n) is 4.24. The minimum atomic E-state index is -3.99. The van der Waals surface area contributed by atoms with E-state index in [4.69, 9.17) is 4.74 Å². The lowest BCUT2D eigenvalue weighted by molar-refractivity contribution is 0.102. The standard InChI is InChI=1S/C21H18F2N2O4S/c1-29-15-8-6-14(7-9-15)13-24-30(27,28)16-10-11-20(19(23)12-16)25-21(26)17-4-2-3-5-18(17)22/h2-12,24H,13H2,1H3,(H,25,26). The molecular formula is C21H18F2N2O4S. The highest BCUT2D eigenvalue weighted by atomic mass is 32.2. The zero-order valence-electron chi connectivity index (χ0n) is 15.9. The van der Waals surface area contributed by atoms with E-state index in [9.17, 15) is 22.0 Å². The molecule has 0 spiro atoms. The Morgan fingerprint density at radius 3 is 2.30 bits per heavy atom. The first-order valence-corrected chi connectivity index (χ1v) is 10.3. The Morgan fingerprint density at radius 1 is 0.967 bits per heavy atom. The average Bonchev–Trinajstić information content (AvgIpc) is 2.74. The van der Waals surface area contributed by atoms with Crippen LogP contribution in [-0.2, 0) is 16.6 Å². The predicted molar refractivity (Wildman–Crippen MR) is 108 cm³/mol. The molecule has 2 N–H and O–H groups in total. The van der Waals surface area contributed by atoms with Gasteiger partial charge in [0.25, 0.3) is 5.91 Å². The maximum atomic E-state index is 14.4. The number of amides is 1. The maximum absolute atomic E-state index is 14.4. The molecule has 0 radical (unpaired) electrons. The summed E-state index contributed by atoms with van der Waals surface area (Å²) in [7, 11) is -2.47. The topological polar surface area (TPSA) is 84.5 Å². The van der Waals surface area contributed by atoms with Crippen LogP contribution in [0, 0.1) is 11.6 Å². The first kappa shape index (κ1) is 21.4. The number of hydrogen-bond donors (Lipinski definition) is 2. The molecule has 0 heterocycles. The van der Waals surface area contributed by atoms with Crippen molar-refractivity contribution in [3.8, 4) is 5.75 Å². The lowest BCUT2D eigenvalue weighted by Crippen LogP contribution is -2.23. The van der Waals surface area contributed by atoms with Crippen molar-refractivity contribution in [2.45, 2.75) is 11.4 Å². The SMILES string of the molecule is COc1ccc(CNS(=O)(=O)c2ccc(NC(=O)c3ccccc3F)c(F)c2)cc1. The molecule has 9 heteroatoms. The Labute approximate surface area is 172 Å². The molecule has 0 aliphatic rings. The van der Waals surface area contributed by atoms with Gasteiger partial charge in [0.15, 0.2) is 0 Å². The van der Waals surface area contributed by atoms with E-state index in [0.717, 1.165) is 24.3 Å². The van der Waals surface area contributed by atoms with E-state index in [1.165, 1.54) is 25.3 Å². The number of ether oxygens (including phenoxy) is 1. The van der Waals surface area contributed by atoms with Crippen molar-refractivity contribution in [3.63, 3.8) is 0 Å². The van der Waals surface area contributed by atoms with E-state index in [1.807, 2.05) is 0 Å². The average molecular weight is 432 g/mol. The van der Waals surface area contributed by atoms with Crippen LogP contribution in [0.25, 0.3) is 0 Å². The highest BCUT2D eigenvalue weighted by Gasteiger charge is 2.18. The molecule has 3 aromatic carbocycles. The van der Waals surface area contributed by atoms with Crippen LogP contribution in [0.2, 0.25) is 0 Å². The second-order valence-electron chi connectivity index (χ2n) is 6.25. The zero-order chi connectivity index (χ0) is 21.7. The molecule has 0 bridgehead atoms. The second-order valence-corrected chi connectivity index (χ2v) is 8.02. The Morgan fingerprint density at radius 2 is 1.67 bits per heavy atom. The number of carbonyl (C=O) groups is 1. The molecule has 0 atom stereocenters. The van der Waals surface area contributed by atoms with E-state index in [-0.39, 0.29) is 22.7 Å². The highest BCUT2D eigenvalue weighted by Crippen LogP contribution is 2.21. The predicted octanol–water partition coefficient (Wildman–Crippen LogP) is 3.70. The monoisotopic (exact) mass is 432 g/mol. The fourth-order valence-electron chi connectivity index (χ4n) is 2.60. The van der Waals surface area contributed by atoms with Crippen LogP contribution in [0.1, 0.15) is 15.9 Å². The molecule has 6 nitrogen and oxygen atoms in total. The molecule has 30 heavy (non-hydrogen) atoms. The van der Waals surface area contributed by atoms with Crippen LogP contribution in [0.3, 0.4) is 0 Å². The van der Waals surface area contributed by atoms with Gasteiger partial charge in [0, 0.05) is 6.54 Å². The van der Waals surface area contributed by atoms with Crippen molar-refractivity contribution < 1.29 is 26.7 Å². The van der Waals surface area contributed by atoms with Gasteiger partial charge in [-0.2, -0.15) is 0 Å². The summed E-state index contributed by atoms with van der Waals surface area (Å²) in [5.41, 5.74) is 0.167. The van der Waals surface area contributed by atoms with Crippen LogP contribution in [-0.4, -0.2) is 21.4 Å². The summed E-state index contributed by atoms with van der Waals surface area (Å²) < 4.78 is 60.4. The largest absolute Gasteiger partial charge is 0.497 e. The number of hydrogen-bond acceptors (Lipinski definition) is 4. The quantitative estimate of drug-likeness (QED) is 0.596. The van der Waals surface area contributed by atoms with Gasteiger partial charge in [-0.05, 0) is 48.0 Å². The Balaban J connectivity index is 1.71. The zero-order valence-corrected chi connectivity index (χ0v) is 16.7. The highest BCUT2D eigenvalue weighted by molar-refractivity contribution is 7.89. The summed E-state index contributed by atoms with van der Waals surface area (Å²) in [5.74, 6) is -1.93. The van der Waals surface area contributed by atoms with Crippen LogP contribution in [0.15, 0.2) is 71.6 Å². The molecule has 3 rings (SSSR count). The minimum absolute atomic E-state index is 0.000280. The Kier molecular flexibility index (Phi) is 6.43. The van der Waals surface area contributed by atoms with Crippen LogP contribution in [0.4, 0.5) is 14.5 Å². The van der Waals surface area contributed by atoms with E-state index < -0.39 is 27.6 Å². The number of methoxy groups -OCH3 is 1. The molecule has 0 saturated heterocycles. The molecule has 0 aromatic heterocycles. The minimum Gasteiger partial charge on any atom is -0.497 e. The fourth-order valence-corrected chi connectivity index (χ4v) is 3.63. The molecule has 1 amide bonds. The number of rotatable bonds is 7. The third kappa shape index (κ3) is 5.00. The van der Waals surface area contributed by atoms with Gasteiger partial charge in [-0.1, -0.05) is 24.3 Å². The van der Waals surface area contributed by atoms with Crippen molar-refractivity contribution in [1.82, 2.24) is 4.72 Å². The van der Waals surface area contributed by atoms with E-state index in [0.29, 0.717) is 11.3 Å². The van der Waals surface area contributed by atoms with Gasteiger partial charge < -0.3 is 10.1 Å². The summed E-state index contributed by atoms with van der Waals surface area (Å²) in [5, 5.41) is 2.23. The van der Waals surface area contributed by atoms with Gasteiger partial charge in [0.1, 0.15) is 17.4 Å².